The Labute approximate surface area is 187 Å². The molecule has 0 bridgehead atoms. The number of ketones is 1. The first kappa shape index (κ1) is 21.6. The van der Waals surface area contributed by atoms with Gasteiger partial charge in [0.15, 0.2) is 5.13 Å². The fourth-order valence-corrected chi connectivity index (χ4v) is 4.39. The largest absolute Gasteiger partial charge is 0.491 e. The first-order valence-corrected chi connectivity index (χ1v) is 10.8. The van der Waals surface area contributed by atoms with Crippen LogP contribution in [-0.4, -0.2) is 46.1 Å². The zero-order chi connectivity index (χ0) is 22.7. The zero-order valence-corrected chi connectivity index (χ0v) is 17.8. The lowest BCUT2D eigenvalue weighted by atomic mass is 10.1. The zero-order valence-electron chi connectivity index (χ0n) is 17.0. The maximum absolute atomic E-state index is 13.4. The minimum Gasteiger partial charge on any atom is -0.491 e. The predicted octanol–water partition coefficient (Wildman–Crippen LogP) is 4.36. The summed E-state index contributed by atoms with van der Waals surface area (Å²) < 4.78 is 19.2. The summed E-state index contributed by atoms with van der Waals surface area (Å²) in [7, 11) is 0. The maximum Gasteiger partial charge on any atom is 0.407 e. The number of nitrogens with one attached hydrogen (secondary N) is 1. The number of halogens is 1. The molecule has 4 N–H and O–H groups in total. The number of hydrogen-bond donors (Lipinski definition) is 3. The highest BCUT2D eigenvalue weighted by Crippen LogP contribution is 2.30. The van der Waals surface area contributed by atoms with Crippen LogP contribution in [0.15, 0.2) is 48.5 Å². The monoisotopic (exact) mass is 456 g/mol. The average Bonchev–Trinajstić information content (AvgIpc) is 3.39. The average molecular weight is 456 g/mol. The van der Waals surface area contributed by atoms with Crippen LogP contribution in [0.1, 0.15) is 28.1 Å². The molecule has 1 aliphatic rings. The van der Waals surface area contributed by atoms with E-state index in [2.05, 4.69) is 10.3 Å². The highest BCUT2D eigenvalue weighted by molar-refractivity contribution is 7.18. The van der Waals surface area contributed by atoms with Crippen molar-refractivity contribution in [3.63, 3.8) is 0 Å². The van der Waals surface area contributed by atoms with Gasteiger partial charge in [-0.25, -0.2) is 14.2 Å². The molecule has 1 aromatic heterocycles. The highest BCUT2D eigenvalue weighted by atomic mass is 32.1. The van der Waals surface area contributed by atoms with Crippen molar-refractivity contribution in [2.75, 3.05) is 24.2 Å². The summed E-state index contributed by atoms with van der Waals surface area (Å²) >= 11 is 1.09. The van der Waals surface area contributed by atoms with Gasteiger partial charge in [0.2, 0.25) is 5.78 Å². The molecule has 3 aromatic rings. The lowest BCUT2D eigenvalue weighted by molar-refractivity contribution is 0.104. The van der Waals surface area contributed by atoms with Crippen molar-refractivity contribution < 1.29 is 23.8 Å². The summed E-state index contributed by atoms with van der Waals surface area (Å²) in [6.07, 6.45) is 0.700. The van der Waals surface area contributed by atoms with Crippen LogP contribution in [-0.2, 0) is 0 Å². The lowest BCUT2D eigenvalue weighted by Crippen LogP contribution is -2.37. The molecule has 1 atom stereocenters. The predicted molar refractivity (Wildman–Crippen MR) is 119 cm³/mol. The highest BCUT2D eigenvalue weighted by Gasteiger charge is 2.28. The van der Waals surface area contributed by atoms with Crippen LogP contribution in [0.4, 0.5) is 25.8 Å². The van der Waals surface area contributed by atoms with Crippen molar-refractivity contribution in [3.8, 4) is 5.75 Å². The van der Waals surface area contributed by atoms with Gasteiger partial charge in [0.25, 0.3) is 0 Å². The van der Waals surface area contributed by atoms with Crippen LogP contribution in [0, 0.1) is 5.82 Å². The van der Waals surface area contributed by atoms with Gasteiger partial charge in [0, 0.05) is 17.8 Å². The van der Waals surface area contributed by atoms with Crippen LogP contribution in [0.2, 0.25) is 0 Å². The van der Waals surface area contributed by atoms with Crippen LogP contribution in [0.25, 0.3) is 0 Å². The molecular weight excluding hydrogens is 435 g/mol. The second-order valence-electron chi connectivity index (χ2n) is 7.31. The van der Waals surface area contributed by atoms with Crippen LogP contribution in [0.5, 0.6) is 5.75 Å². The quantitative estimate of drug-likeness (QED) is 0.452. The van der Waals surface area contributed by atoms with Gasteiger partial charge in [0.05, 0.1) is 6.04 Å². The Morgan fingerprint density at radius 3 is 2.78 bits per heavy atom. The van der Waals surface area contributed by atoms with E-state index in [1.165, 1.54) is 23.1 Å². The summed E-state index contributed by atoms with van der Waals surface area (Å²) in [6.45, 7) is 0.834. The number of nitrogens with two attached hydrogens (primary N) is 1. The van der Waals surface area contributed by atoms with E-state index in [4.69, 9.17) is 10.5 Å². The van der Waals surface area contributed by atoms with Crippen molar-refractivity contribution in [1.29, 1.82) is 0 Å². The Morgan fingerprint density at radius 1 is 1.28 bits per heavy atom. The summed E-state index contributed by atoms with van der Waals surface area (Å²) in [6, 6.07) is 12.4. The van der Waals surface area contributed by atoms with Crippen LogP contribution >= 0.6 is 11.3 Å². The molecule has 8 nitrogen and oxygen atoms in total. The minimum atomic E-state index is -0.923. The second kappa shape index (κ2) is 9.23. The number of nitrogen functional groups attached to an aromatic ring is 1. The van der Waals surface area contributed by atoms with Gasteiger partial charge in [-0.15, -0.1) is 0 Å². The summed E-state index contributed by atoms with van der Waals surface area (Å²) in [5.74, 6) is -0.193. The normalized spacial score (nSPS) is 15.5. The number of amides is 1. The fourth-order valence-electron chi connectivity index (χ4n) is 3.52. The van der Waals surface area contributed by atoms with Gasteiger partial charge in [-0.05, 0) is 49.2 Å². The van der Waals surface area contributed by atoms with E-state index in [1.807, 2.05) is 0 Å². The van der Waals surface area contributed by atoms with Crippen molar-refractivity contribution in [1.82, 2.24) is 9.88 Å². The fraction of sp³-hybridized carbons (Fsp3) is 0.227. The number of anilines is 3. The number of carboxylic acid groups (broad SMARTS) is 1. The Bertz CT molecular complexity index is 1140. The summed E-state index contributed by atoms with van der Waals surface area (Å²) in [5.41, 5.74) is 6.82. The molecule has 1 fully saturated rings. The molecule has 0 saturated carbocycles. The van der Waals surface area contributed by atoms with E-state index in [0.29, 0.717) is 29.7 Å². The third-order valence-corrected chi connectivity index (χ3v) is 6.10. The van der Waals surface area contributed by atoms with Crippen LogP contribution in [0.3, 0.4) is 0 Å². The number of thiazole rings is 1. The molecule has 32 heavy (non-hydrogen) atoms. The van der Waals surface area contributed by atoms with E-state index >= 15 is 0 Å². The summed E-state index contributed by atoms with van der Waals surface area (Å²) in [4.78, 5) is 29.7. The van der Waals surface area contributed by atoms with E-state index in [-0.39, 0.29) is 22.3 Å². The number of nitrogens with zero attached hydrogens (tertiary/aromatic N) is 2. The number of rotatable bonds is 7. The molecule has 0 radical (unpaired) electrons. The molecule has 4 rings (SSSR count). The van der Waals surface area contributed by atoms with Gasteiger partial charge in [0.1, 0.15) is 28.9 Å². The molecule has 1 aliphatic heterocycles. The number of hydrogen-bond acceptors (Lipinski definition) is 7. The molecule has 1 amide bonds. The first-order valence-electron chi connectivity index (χ1n) is 9.97. The SMILES string of the molecule is Nc1nc(Nc2ccc(OC[C@@H]3CCCN3C(=O)O)cc2)sc1C(=O)c1cccc(F)c1. The van der Waals surface area contributed by atoms with Crippen molar-refractivity contribution >= 4 is 39.9 Å². The Kier molecular flexibility index (Phi) is 6.22. The molecule has 0 aliphatic carbocycles. The number of benzene rings is 2. The molecule has 166 valence electrons. The van der Waals surface area contributed by atoms with Crippen LogP contribution < -0.4 is 15.8 Å². The topological polar surface area (TPSA) is 118 Å². The molecule has 1 saturated heterocycles. The number of ether oxygens (including phenoxy) is 1. The lowest BCUT2D eigenvalue weighted by Gasteiger charge is -2.21. The molecule has 0 unspecified atom stereocenters. The standard InChI is InChI=1S/C22H21FN4O4S/c23-14-4-1-3-13(11-14)18(28)19-20(24)26-21(32-19)25-15-6-8-17(9-7-15)31-12-16-5-2-10-27(16)22(29)30/h1,3-4,6-9,11,16H,2,5,10,12,24H2,(H,25,26)(H,29,30)/t16-/m0/s1. The molecular formula is C22H21FN4O4S. The Morgan fingerprint density at radius 2 is 2.06 bits per heavy atom. The number of carbonyl (C=O) groups excluding carboxylic acids is 1. The van der Waals surface area contributed by atoms with Gasteiger partial charge < -0.3 is 25.8 Å². The molecule has 2 heterocycles. The van der Waals surface area contributed by atoms with Gasteiger partial charge in [-0.1, -0.05) is 23.5 Å². The van der Waals surface area contributed by atoms with E-state index < -0.39 is 17.7 Å². The first-order chi connectivity index (χ1) is 15.4. The summed E-state index contributed by atoms with van der Waals surface area (Å²) in [5, 5.41) is 12.7. The van der Waals surface area contributed by atoms with Crippen molar-refractivity contribution in [2.45, 2.75) is 18.9 Å². The number of aromatic nitrogens is 1. The van der Waals surface area contributed by atoms with Crippen molar-refractivity contribution in [2.24, 2.45) is 0 Å². The van der Waals surface area contributed by atoms with E-state index in [0.717, 1.165) is 30.2 Å². The van der Waals surface area contributed by atoms with Gasteiger partial charge in [-0.2, -0.15) is 0 Å². The minimum absolute atomic E-state index is 0.0752. The molecule has 2 aromatic carbocycles. The van der Waals surface area contributed by atoms with Gasteiger partial charge >= 0.3 is 6.09 Å². The second-order valence-corrected chi connectivity index (χ2v) is 8.30. The Balaban J connectivity index is 1.38. The molecule has 10 heteroatoms. The third-order valence-electron chi connectivity index (χ3n) is 5.12. The van der Waals surface area contributed by atoms with E-state index in [9.17, 15) is 19.1 Å². The van der Waals surface area contributed by atoms with Crippen molar-refractivity contribution in [3.05, 3.63) is 64.8 Å². The maximum atomic E-state index is 13.4. The van der Waals surface area contributed by atoms with E-state index in [1.54, 1.807) is 24.3 Å². The third kappa shape index (κ3) is 4.80. The number of carbonyl (C=O) groups is 2. The van der Waals surface area contributed by atoms with Gasteiger partial charge in [-0.3, -0.25) is 4.79 Å². The molecule has 0 spiro atoms. The Hall–Kier alpha value is -3.66. The smallest absolute Gasteiger partial charge is 0.407 e. The number of likely N-dealkylation sites (tertiary alicyclic amines) is 1.